The first kappa shape index (κ1) is 14.6. The Bertz CT molecular complexity index is 672. The molecule has 0 fully saturated rings. The van der Waals surface area contributed by atoms with Crippen LogP contribution in [0.15, 0.2) is 53.6 Å². The third-order valence-electron chi connectivity index (χ3n) is 2.90. The molecule has 0 amide bonds. The lowest BCUT2D eigenvalue weighted by atomic mass is 10.2. The highest BCUT2D eigenvalue weighted by molar-refractivity contribution is 7.89. The standard InChI is InChI=1S/C14H16N2O3S/c1-11(13-7-4-5-9-15-13)16-20(18,19)14-8-3-2-6-12(14)10-17/h2-9,11,16-17H,10H2,1H3. The van der Waals surface area contributed by atoms with Crippen LogP contribution in [0.2, 0.25) is 0 Å². The normalized spacial score (nSPS) is 13.1. The van der Waals surface area contributed by atoms with Crippen LogP contribution in [0.1, 0.15) is 24.2 Å². The summed E-state index contributed by atoms with van der Waals surface area (Å²) in [6.45, 7) is 1.40. The van der Waals surface area contributed by atoms with E-state index in [1.165, 1.54) is 6.07 Å². The van der Waals surface area contributed by atoms with E-state index in [1.54, 1.807) is 49.5 Å². The predicted molar refractivity (Wildman–Crippen MR) is 75.3 cm³/mol. The topological polar surface area (TPSA) is 79.3 Å². The van der Waals surface area contributed by atoms with Crippen molar-refractivity contribution in [3.05, 3.63) is 59.9 Å². The Hall–Kier alpha value is -1.76. The summed E-state index contributed by atoms with van der Waals surface area (Å²) in [5, 5.41) is 9.23. The number of aliphatic hydroxyl groups is 1. The highest BCUT2D eigenvalue weighted by Crippen LogP contribution is 2.18. The van der Waals surface area contributed by atoms with E-state index in [0.717, 1.165) is 0 Å². The molecule has 1 unspecified atom stereocenters. The van der Waals surface area contributed by atoms with Crippen LogP contribution in [0, 0.1) is 0 Å². The van der Waals surface area contributed by atoms with Crippen molar-refractivity contribution in [1.82, 2.24) is 9.71 Å². The van der Waals surface area contributed by atoms with Crippen molar-refractivity contribution in [2.24, 2.45) is 0 Å². The molecule has 2 aromatic rings. The van der Waals surface area contributed by atoms with Crippen LogP contribution in [0.5, 0.6) is 0 Å². The van der Waals surface area contributed by atoms with Crippen molar-refractivity contribution in [1.29, 1.82) is 0 Å². The smallest absolute Gasteiger partial charge is 0.241 e. The number of nitrogens with zero attached hydrogens (tertiary/aromatic N) is 1. The molecular formula is C14H16N2O3S. The van der Waals surface area contributed by atoms with Crippen LogP contribution in [0.4, 0.5) is 0 Å². The molecule has 106 valence electrons. The van der Waals surface area contributed by atoms with Crippen LogP contribution in [-0.2, 0) is 16.6 Å². The number of hydrogen-bond donors (Lipinski definition) is 2. The van der Waals surface area contributed by atoms with Crippen LogP contribution >= 0.6 is 0 Å². The average Bonchev–Trinajstić information content (AvgIpc) is 2.47. The van der Waals surface area contributed by atoms with E-state index in [9.17, 15) is 13.5 Å². The zero-order valence-electron chi connectivity index (χ0n) is 11.0. The molecule has 0 saturated heterocycles. The lowest BCUT2D eigenvalue weighted by Gasteiger charge is -2.15. The van der Waals surface area contributed by atoms with Gasteiger partial charge in [0, 0.05) is 6.20 Å². The Morgan fingerprint density at radius 1 is 1.20 bits per heavy atom. The highest BCUT2D eigenvalue weighted by atomic mass is 32.2. The maximum Gasteiger partial charge on any atom is 0.241 e. The van der Waals surface area contributed by atoms with Crippen molar-refractivity contribution >= 4 is 10.0 Å². The molecule has 20 heavy (non-hydrogen) atoms. The first-order chi connectivity index (χ1) is 9.54. The van der Waals surface area contributed by atoms with Gasteiger partial charge >= 0.3 is 0 Å². The van der Waals surface area contributed by atoms with Gasteiger partial charge in [-0.25, -0.2) is 13.1 Å². The molecule has 1 atom stereocenters. The minimum atomic E-state index is -3.70. The molecular weight excluding hydrogens is 276 g/mol. The molecule has 0 bridgehead atoms. The van der Waals surface area contributed by atoms with Crippen molar-refractivity contribution < 1.29 is 13.5 Å². The fraction of sp³-hybridized carbons (Fsp3) is 0.214. The monoisotopic (exact) mass is 292 g/mol. The molecule has 0 aliphatic rings. The molecule has 1 heterocycles. The lowest BCUT2D eigenvalue weighted by Crippen LogP contribution is -2.28. The van der Waals surface area contributed by atoms with Gasteiger partial charge in [-0.3, -0.25) is 4.98 Å². The second-order valence-electron chi connectivity index (χ2n) is 4.36. The number of benzene rings is 1. The van der Waals surface area contributed by atoms with Crippen molar-refractivity contribution in [2.75, 3.05) is 0 Å². The van der Waals surface area contributed by atoms with Gasteiger partial charge in [0.1, 0.15) is 0 Å². The molecule has 0 radical (unpaired) electrons. The molecule has 1 aromatic carbocycles. The fourth-order valence-corrected chi connectivity index (χ4v) is 3.33. The molecule has 0 aliphatic carbocycles. The summed E-state index contributed by atoms with van der Waals surface area (Å²) in [6.07, 6.45) is 1.61. The summed E-state index contributed by atoms with van der Waals surface area (Å²) >= 11 is 0. The molecule has 2 N–H and O–H groups in total. The van der Waals surface area contributed by atoms with Crippen LogP contribution in [0.25, 0.3) is 0 Å². The highest BCUT2D eigenvalue weighted by Gasteiger charge is 2.21. The van der Waals surface area contributed by atoms with Crippen LogP contribution < -0.4 is 4.72 Å². The van der Waals surface area contributed by atoms with Gasteiger partial charge in [0.05, 0.1) is 23.2 Å². The second kappa shape index (κ2) is 6.13. The van der Waals surface area contributed by atoms with E-state index in [4.69, 9.17) is 0 Å². The van der Waals surface area contributed by atoms with Crippen LogP contribution in [0.3, 0.4) is 0 Å². The Morgan fingerprint density at radius 2 is 1.90 bits per heavy atom. The zero-order valence-corrected chi connectivity index (χ0v) is 11.8. The Balaban J connectivity index is 2.28. The minimum Gasteiger partial charge on any atom is -0.392 e. The molecule has 0 spiro atoms. The van der Waals surface area contributed by atoms with Crippen molar-refractivity contribution in [3.63, 3.8) is 0 Å². The predicted octanol–water partition coefficient (Wildman–Crippen LogP) is 1.61. The van der Waals surface area contributed by atoms with Crippen molar-refractivity contribution in [2.45, 2.75) is 24.5 Å². The van der Waals surface area contributed by atoms with E-state index in [-0.39, 0.29) is 11.5 Å². The molecule has 0 aliphatic heterocycles. The van der Waals surface area contributed by atoms with E-state index in [2.05, 4.69) is 9.71 Å². The van der Waals surface area contributed by atoms with E-state index >= 15 is 0 Å². The maximum atomic E-state index is 12.3. The Morgan fingerprint density at radius 3 is 2.55 bits per heavy atom. The number of aliphatic hydroxyl groups excluding tert-OH is 1. The first-order valence-electron chi connectivity index (χ1n) is 6.16. The SMILES string of the molecule is CC(NS(=O)(=O)c1ccccc1CO)c1ccccn1. The van der Waals surface area contributed by atoms with E-state index < -0.39 is 16.1 Å². The summed E-state index contributed by atoms with van der Waals surface area (Å²) in [4.78, 5) is 4.21. The largest absolute Gasteiger partial charge is 0.392 e. The minimum absolute atomic E-state index is 0.0882. The summed E-state index contributed by atoms with van der Waals surface area (Å²) in [5.74, 6) is 0. The Kier molecular flexibility index (Phi) is 4.49. The maximum absolute atomic E-state index is 12.3. The van der Waals surface area contributed by atoms with Gasteiger partial charge in [0.15, 0.2) is 0 Å². The van der Waals surface area contributed by atoms with E-state index in [1.807, 2.05) is 0 Å². The first-order valence-corrected chi connectivity index (χ1v) is 7.65. The molecule has 5 nitrogen and oxygen atoms in total. The number of sulfonamides is 1. The summed E-state index contributed by atoms with van der Waals surface area (Å²) in [7, 11) is -3.70. The third-order valence-corrected chi connectivity index (χ3v) is 4.54. The zero-order chi connectivity index (χ0) is 14.6. The van der Waals surface area contributed by atoms with Gasteiger partial charge in [-0.05, 0) is 30.7 Å². The molecule has 6 heteroatoms. The number of pyridine rings is 1. The van der Waals surface area contributed by atoms with Gasteiger partial charge in [0.25, 0.3) is 0 Å². The van der Waals surface area contributed by atoms with Crippen LogP contribution in [-0.4, -0.2) is 18.5 Å². The number of hydrogen-bond acceptors (Lipinski definition) is 4. The van der Waals surface area contributed by atoms with Gasteiger partial charge in [-0.15, -0.1) is 0 Å². The second-order valence-corrected chi connectivity index (χ2v) is 6.05. The number of aromatic nitrogens is 1. The summed E-state index contributed by atoms with van der Waals surface area (Å²) in [5.41, 5.74) is 1.01. The lowest BCUT2D eigenvalue weighted by molar-refractivity contribution is 0.278. The quantitative estimate of drug-likeness (QED) is 0.877. The number of rotatable bonds is 5. The fourth-order valence-electron chi connectivity index (χ4n) is 1.89. The molecule has 0 saturated carbocycles. The van der Waals surface area contributed by atoms with Gasteiger partial charge in [0.2, 0.25) is 10.0 Å². The summed E-state index contributed by atoms with van der Waals surface area (Å²) in [6, 6.07) is 11.2. The van der Waals surface area contributed by atoms with Crippen molar-refractivity contribution in [3.8, 4) is 0 Å². The molecule has 2 rings (SSSR count). The number of nitrogens with one attached hydrogen (secondary N) is 1. The average molecular weight is 292 g/mol. The van der Waals surface area contributed by atoms with Gasteiger partial charge in [-0.1, -0.05) is 24.3 Å². The summed E-state index contributed by atoms with van der Waals surface area (Å²) < 4.78 is 27.3. The third kappa shape index (κ3) is 3.22. The van der Waals surface area contributed by atoms with E-state index in [0.29, 0.717) is 11.3 Å². The van der Waals surface area contributed by atoms with Gasteiger partial charge in [-0.2, -0.15) is 0 Å². The van der Waals surface area contributed by atoms with Gasteiger partial charge < -0.3 is 5.11 Å². The Labute approximate surface area is 118 Å². The molecule has 1 aromatic heterocycles.